The van der Waals surface area contributed by atoms with Gasteiger partial charge in [-0.15, -0.1) is 0 Å². The topological polar surface area (TPSA) is 138 Å². The van der Waals surface area contributed by atoms with Gasteiger partial charge in [-0.05, 0) is 56.3 Å². The van der Waals surface area contributed by atoms with E-state index in [-0.39, 0.29) is 36.4 Å². The highest BCUT2D eigenvalue weighted by Crippen LogP contribution is 2.24. The minimum atomic E-state index is -3.93. The lowest BCUT2D eigenvalue weighted by atomic mass is 10.2. The highest BCUT2D eigenvalue weighted by atomic mass is 32.2. The van der Waals surface area contributed by atoms with Crippen molar-refractivity contribution in [2.24, 2.45) is 4.99 Å². The Balaban J connectivity index is 1.93. The normalized spacial score (nSPS) is 12.0. The van der Waals surface area contributed by atoms with Crippen LogP contribution in [0.4, 0.5) is 0 Å². The standard InChI is InChI=1S/C26H29N5O5S2/c1-3-35-18-17-31-23-12-9-21(36-4-2)19-24(23)37-26(31)29-25(32)20-7-10-22(11-8-20)38(33,34)30(15-5-13-27)16-6-14-28/h7-12,19H,3-6,15-18H2,1-2H3. The second-order valence-electron chi connectivity index (χ2n) is 7.96. The zero-order chi connectivity index (χ0) is 27.5. The van der Waals surface area contributed by atoms with Gasteiger partial charge in [-0.1, -0.05) is 11.3 Å². The molecule has 12 heteroatoms. The molecule has 0 unspecified atom stereocenters. The smallest absolute Gasteiger partial charge is 0.279 e. The van der Waals surface area contributed by atoms with E-state index in [1.807, 2.05) is 48.8 Å². The van der Waals surface area contributed by atoms with Crippen molar-refractivity contribution >= 4 is 37.5 Å². The van der Waals surface area contributed by atoms with Crippen molar-refractivity contribution in [1.29, 1.82) is 10.5 Å². The molecule has 1 amide bonds. The van der Waals surface area contributed by atoms with Crippen molar-refractivity contribution in [1.82, 2.24) is 8.87 Å². The predicted octanol–water partition coefficient (Wildman–Crippen LogP) is 3.70. The molecule has 3 aromatic rings. The van der Waals surface area contributed by atoms with E-state index >= 15 is 0 Å². The van der Waals surface area contributed by atoms with Crippen LogP contribution in [0.25, 0.3) is 10.2 Å². The molecule has 0 saturated heterocycles. The summed E-state index contributed by atoms with van der Waals surface area (Å²) in [6.45, 7) is 5.86. The number of nitriles is 2. The molecule has 0 N–H and O–H groups in total. The number of ether oxygens (including phenoxy) is 2. The number of rotatable bonds is 13. The molecule has 0 aliphatic heterocycles. The van der Waals surface area contributed by atoms with E-state index < -0.39 is 15.9 Å². The predicted molar refractivity (Wildman–Crippen MR) is 143 cm³/mol. The van der Waals surface area contributed by atoms with Gasteiger partial charge < -0.3 is 14.0 Å². The summed E-state index contributed by atoms with van der Waals surface area (Å²) in [5.74, 6) is 0.216. The Kier molecular flexibility index (Phi) is 10.6. The SMILES string of the molecule is CCOCCn1c(=NC(=O)c2ccc(S(=O)(=O)N(CCC#N)CCC#N)cc2)sc2cc(OCC)ccc21. The van der Waals surface area contributed by atoms with Gasteiger partial charge in [0, 0.05) is 44.6 Å². The molecule has 0 radical (unpaired) electrons. The molecule has 10 nitrogen and oxygen atoms in total. The molecule has 0 bridgehead atoms. The van der Waals surface area contributed by atoms with Crippen LogP contribution < -0.4 is 9.54 Å². The maximum atomic E-state index is 13.1. The Morgan fingerprint density at radius 1 is 1.05 bits per heavy atom. The molecule has 200 valence electrons. The third-order valence-corrected chi connectivity index (χ3v) is 8.46. The Bertz CT molecular complexity index is 1490. The van der Waals surface area contributed by atoms with Crippen LogP contribution >= 0.6 is 11.3 Å². The fourth-order valence-corrected chi connectivity index (χ4v) is 6.21. The van der Waals surface area contributed by atoms with E-state index in [9.17, 15) is 13.2 Å². The van der Waals surface area contributed by atoms with E-state index in [1.54, 1.807) is 0 Å². The summed E-state index contributed by atoms with van der Waals surface area (Å²) < 4.78 is 41.1. The van der Waals surface area contributed by atoms with Crippen molar-refractivity contribution in [3.8, 4) is 17.9 Å². The molecule has 0 saturated carbocycles. The lowest BCUT2D eigenvalue weighted by molar-refractivity contribution is 0.0996. The van der Waals surface area contributed by atoms with Crippen LogP contribution in [0.15, 0.2) is 52.4 Å². The fourth-order valence-electron chi connectivity index (χ4n) is 3.68. The van der Waals surface area contributed by atoms with Gasteiger partial charge in [0.2, 0.25) is 10.0 Å². The average molecular weight is 556 g/mol. The van der Waals surface area contributed by atoms with Crippen LogP contribution in [-0.2, 0) is 21.3 Å². The van der Waals surface area contributed by atoms with E-state index in [0.717, 1.165) is 20.3 Å². The summed E-state index contributed by atoms with van der Waals surface area (Å²) in [6, 6.07) is 15.1. The van der Waals surface area contributed by atoms with Crippen LogP contribution in [-0.4, -0.2) is 56.1 Å². The van der Waals surface area contributed by atoms with Crippen molar-refractivity contribution in [2.45, 2.75) is 38.1 Å². The van der Waals surface area contributed by atoms with E-state index in [4.69, 9.17) is 20.0 Å². The number of carbonyl (C=O) groups is 1. The van der Waals surface area contributed by atoms with Gasteiger partial charge in [0.1, 0.15) is 5.75 Å². The van der Waals surface area contributed by atoms with Crippen molar-refractivity contribution in [2.75, 3.05) is 32.9 Å². The quantitative estimate of drug-likeness (QED) is 0.293. The lowest BCUT2D eigenvalue weighted by Crippen LogP contribution is -2.32. The third-order valence-electron chi connectivity index (χ3n) is 5.51. The number of aromatic nitrogens is 1. The first-order valence-electron chi connectivity index (χ1n) is 12.1. The number of amides is 1. The molecule has 2 aromatic carbocycles. The lowest BCUT2D eigenvalue weighted by Gasteiger charge is -2.20. The second-order valence-corrected chi connectivity index (χ2v) is 10.9. The van der Waals surface area contributed by atoms with Crippen molar-refractivity contribution < 1.29 is 22.7 Å². The van der Waals surface area contributed by atoms with Crippen LogP contribution in [0.2, 0.25) is 0 Å². The molecular weight excluding hydrogens is 526 g/mol. The van der Waals surface area contributed by atoms with Gasteiger partial charge in [0.25, 0.3) is 5.91 Å². The Hall–Kier alpha value is -3.55. The van der Waals surface area contributed by atoms with Crippen LogP contribution in [0.1, 0.15) is 37.0 Å². The summed E-state index contributed by atoms with van der Waals surface area (Å²) >= 11 is 1.36. The van der Waals surface area contributed by atoms with Gasteiger partial charge in [-0.2, -0.15) is 19.8 Å². The zero-order valence-electron chi connectivity index (χ0n) is 21.3. The van der Waals surface area contributed by atoms with Crippen LogP contribution in [0.3, 0.4) is 0 Å². The summed E-state index contributed by atoms with van der Waals surface area (Å²) in [5, 5.41) is 17.7. The van der Waals surface area contributed by atoms with Crippen molar-refractivity contribution in [3.63, 3.8) is 0 Å². The molecule has 38 heavy (non-hydrogen) atoms. The molecule has 0 aliphatic carbocycles. The van der Waals surface area contributed by atoms with E-state index in [2.05, 4.69) is 4.99 Å². The highest BCUT2D eigenvalue weighted by Gasteiger charge is 2.24. The number of thiazole rings is 1. The van der Waals surface area contributed by atoms with Crippen LogP contribution in [0, 0.1) is 22.7 Å². The second kappa shape index (κ2) is 13.8. The maximum Gasteiger partial charge on any atom is 0.279 e. The molecule has 1 heterocycles. The number of hydrogen-bond donors (Lipinski definition) is 0. The Labute approximate surface area is 226 Å². The van der Waals surface area contributed by atoms with Gasteiger partial charge >= 0.3 is 0 Å². The van der Waals surface area contributed by atoms with Crippen LogP contribution in [0.5, 0.6) is 5.75 Å². The molecule has 1 aromatic heterocycles. The summed E-state index contributed by atoms with van der Waals surface area (Å²) in [7, 11) is -3.93. The van der Waals surface area contributed by atoms with Gasteiger partial charge in [-0.25, -0.2) is 8.42 Å². The average Bonchev–Trinajstić information content (AvgIpc) is 3.25. The first kappa shape index (κ1) is 29.0. The molecule has 0 fully saturated rings. The molecular formula is C26H29N5O5S2. The fraction of sp³-hybridized carbons (Fsp3) is 0.385. The van der Waals surface area contributed by atoms with Gasteiger partial charge in [0.15, 0.2) is 4.80 Å². The number of hydrogen-bond acceptors (Lipinski definition) is 8. The Morgan fingerprint density at radius 2 is 1.74 bits per heavy atom. The van der Waals surface area contributed by atoms with Crippen molar-refractivity contribution in [3.05, 3.63) is 52.8 Å². The molecule has 0 atom stereocenters. The van der Waals surface area contributed by atoms with E-state index in [1.165, 1.54) is 35.6 Å². The monoisotopic (exact) mass is 555 g/mol. The summed E-state index contributed by atoms with van der Waals surface area (Å²) in [5.41, 5.74) is 1.13. The number of carbonyl (C=O) groups excluding carboxylic acids is 1. The Morgan fingerprint density at radius 3 is 2.34 bits per heavy atom. The molecule has 3 rings (SSSR count). The number of nitrogens with zero attached hydrogens (tertiary/aromatic N) is 5. The minimum Gasteiger partial charge on any atom is -0.494 e. The first-order valence-corrected chi connectivity index (χ1v) is 14.4. The van der Waals surface area contributed by atoms with Gasteiger partial charge in [-0.3, -0.25) is 4.79 Å². The number of fused-ring (bicyclic) bond motifs is 1. The maximum absolute atomic E-state index is 13.1. The number of sulfonamides is 1. The zero-order valence-corrected chi connectivity index (χ0v) is 22.9. The summed E-state index contributed by atoms with van der Waals surface area (Å²) in [6.07, 6.45) is 0.00919. The largest absolute Gasteiger partial charge is 0.494 e. The molecule has 0 spiro atoms. The van der Waals surface area contributed by atoms with E-state index in [0.29, 0.717) is 31.2 Å². The summed E-state index contributed by atoms with van der Waals surface area (Å²) in [4.78, 5) is 17.9. The highest BCUT2D eigenvalue weighted by molar-refractivity contribution is 7.89. The number of benzene rings is 2. The minimum absolute atomic E-state index is 0.00460. The first-order chi connectivity index (χ1) is 18.3. The third kappa shape index (κ3) is 7.05. The molecule has 0 aliphatic rings. The van der Waals surface area contributed by atoms with Gasteiger partial charge in [0.05, 0.1) is 40.5 Å².